The third-order valence-electron chi connectivity index (χ3n) is 3.91. The van der Waals surface area contributed by atoms with E-state index >= 15 is 0 Å². The molecule has 0 saturated carbocycles. The fraction of sp³-hybridized carbons (Fsp3) is 0.538. The van der Waals surface area contributed by atoms with Gasteiger partial charge in [-0.15, -0.1) is 0 Å². The molecule has 4 nitrogen and oxygen atoms in total. The van der Waals surface area contributed by atoms with Crippen molar-refractivity contribution in [1.82, 2.24) is 0 Å². The quantitative estimate of drug-likeness (QED) is 0.820. The van der Waals surface area contributed by atoms with Gasteiger partial charge in [0, 0.05) is 10.0 Å². The standard InChI is InChI=1S/C13H19BBrNO3/c1-12(2)13(3,4)19-14(18-12)11(16)9-7-8(15)5-6-10(9)17/h5-7,11,17H,16H2,1-4H3. The SMILES string of the molecule is CC1(C)OB(C(N)c2cc(Br)ccc2O)OC1(C)C. The maximum Gasteiger partial charge on any atom is 0.480 e. The van der Waals surface area contributed by atoms with E-state index in [4.69, 9.17) is 15.0 Å². The van der Waals surface area contributed by atoms with Crippen LogP contribution in [0.2, 0.25) is 0 Å². The van der Waals surface area contributed by atoms with Crippen molar-refractivity contribution in [2.24, 2.45) is 5.73 Å². The van der Waals surface area contributed by atoms with E-state index in [1.165, 1.54) is 0 Å². The lowest BCUT2D eigenvalue weighted by molar-refractivity contribution is 0.00578. The average molecular weight is 328 g/mol. The summed E-state index contributed by atoms with van der Waals surface area (Å²) >= 11 is 3.37. The lowest BCUT2D eigenvalue weighted by Gasteiger charge is -2.32. The van der Waals surface area contributed by atoms with Crippen molar-refractivity contribution in [3.8, 4) is 5.75 Å². The van der Waals surface area contributed by atoms with E-state index < -0.39 is 24.3 Å². The van der Waals surface area contributed by atoms with Gasteiger partial charge in [-0.3, -0.25) is 0 Å². The molecule has 0 spiro atoms. The summed E-state index contributed by atoms with van der Waals surface area (Å²) in [5.74, 6) is -0.399. The molecule has 3 N–H and O–H groups in total. The molecule has 0 radical (unpaired) electrons. The van der Waals surface area contributed by atoms with Gasteiger partial charge < -0.3 is 20.1 Å². The van der Waals surface area contributed by atoms with Crippen LogP contribution in [0.1, 0.15) is 39.2 Å². The number of halogens is 1. The Bertz CT molecular complexity index is 477. The molecule has 2 rings (SSSR count). The molecule has 1 unspecified atom stereocenters. The van der Waals surface area contributed by atoms with E-state index in [-0.39, 0.29) is 5.75 Å². The Morgan fingerprint density at radius 2 is 1.74 bits per heavy atom. The molecule has 19 heavy (non-hydrogen) atoms. The molecule has 1 saturated heterocycles. The normalized spacial score (nSPS) is 22.5. The van der Waals surface area contributed by atoms with Crippen LogP contribution in [0.4, 0.5) is 0 Å². The Balaban J connectivity index is 2.27. The highest BCUT2D eigenvalue weighted by Gasteiger charge is 2.53. The highest BCUT2D eigenvalue weighted by Crippen LogP contribution is 2.40. The first-order chi connectivity index (χ1) is 8.64. The number of benzene rings is 1. The van der Waals surface area contributed by atoms with E-state index in [9.17, 15) is 5.11 Å². The fourth-order valence-electron chi connectivity index (χ4n) is 1.97. The van der Waals surface area contributed by atoms with Gasteiger partial charge in [0.25, 0.3) is 0 Å². The summed E-state index contributed by atoms with van der Waals surface area (Å²) < 4.78 is 12.7. The van der Waals surface area contributed by atoms with E-state index in [1.54, 1.807) is 18.2 Å². The first-order valence-corrected chi connectivity index (χ1v) is 7.03. The van der Waals surface area contributed by atoms with Crippen LogP contribution in [0, 0.1) is 0 Å². The number of phenolic OH excluding ortho intramolecular Hbond substituents is 1. The Morgan fingerprint density at radius 3 is 2.26 bits per heavy atom. The lowest BCUT2D eigenvalue weighted by Crippen LogP contribution is -2.41. The van der Waals surface area contributed by atoms with Crippen molar-refractivity contribution in [2.45, 2.75) is 44.8 Å². The molecule has 1 heterocycles. The van der Waals surface area contributed by atoms with E-state index in [1.807, 2.05) is 27.7 Å². The number of aromatic hydroxyl groups is 1. The Hall–Kier alpha value is -0.555. The first kappa shape index (κ1) is 14.8. The maximum absolute atomic E-state index is 9.91. The molecule has 1 aromatic rings. The predicted molar refractivity (Wildman–Crippen MR) is 78.8 cm³/mol. The number of phenols is 1. The molecular weight excluding hydrogens is 309 g/mol. The number of rotatable bonds is 2. The van der Waals surface area contributed by atoms with Gasteiger partial charge in [0.1, 0.15) is 5.75 Å². The summed E-state index contributed by atoms with van der Waals surface area (Å²) in [5.41, 5.74) is 5.92. The van der Waals surface area contributed by atoms with Gasteiger partial charge in [-0.2, -0.15) is 0 Å². The second-order valence-electron chi connectivity index (χ2n) is 5.85. The molecule has 1 aromatic carbocycles. The Morgan fingerprint density at radius 1 is 1.21 bits per heavy atom. The molecule has 1 aliphatic heterocycles. The topological polar surface area (TPSA) is 64.7 Å². The van der Waals surface area contributed by atoms with Gasteiger partial charge in [-0.05, 0) is 45.9 Å². The molecule has 104 valence electrons. The smallest absolute Gasteiger partial charge is 0.480 e. The van der Waals surface area contributed by atoms with Crippen LogP contribution in [0.5, 0.6) is 5.75 Å². The monoisotopic (exact) mass is 327 g/mol. The predicted octanol–water partition coefficient (Wildman–Crippen LogP) is 2.79. The fourth-order valence-corrected chi connectivity index (χ4v) is 2.35. The first-order valence-electron chi connectivity index (χ1n) is 6.24. The van der Waals surface area contributed by atoms with Crippen molar-refractivity contribution >= 4 is 23.0 Å². The van der Waals surface area contributed by atoms with Gasteiger partial charge in [-0.25, -0.2) is 0 Å². The summed E-state index contributed by atoms with van der Waals surface area (Å²) in [4.78, 5) is 0. The van der Waals surface area contributed by atoms with Crippen LogP contribution in [0.3, 0.4) is 0 Å². The molecule has 0 bridgehead atoms. The van der Waals surface area contributed by atoms with Crippen LogP contribution < -0.4 is 5.73 Å². The van der Waals surface area contributed by atoms with Crippen molar-refractivity contribution < 1.29 is 14.4 Å². The van der Waals surface area contributed by atoms with Crippen molar-refractivity contribution in [3.63, 3.8) is 0 Å². The zero-order chi connectivity index (χ0) is 14.4. The summed E-state index contributed by atoms with van der Waals surface area (Å²) in [7, 11) is -0.579. The molecule has 6 heteroatoms. The second kappa shape index (κ2) is 4.77. The number of hydrogen-bond donors (Lipinski definition) is 2. The Kier molecular flexibility index (Phi) is 3.73. The molecule has 1 fully saturated rings. The van der Waals surface area contributed by atoms with Crippen molar-refractivity contribution in [3.05, 3.63) is 28.2 Å². The summed E-state index contributed by atoms with van der Waals surface area (Å²) in [6.07, 6.45) is 0. The Labute approximate surface area is 122 Å². The van der Waals surface area contributed by atoms with Crippen LogP contribution in [0.15, 0.2) is 22.7 Å². The zero-order valence-electron chi connectivity index (χ0n) is 11.6. The molecule has 0 aromatic heterocycles. The lowest BCUT2D eigenvalue weighted by atomic mass is 9.74. The minimum atomic E-state index is -0.579. The molecule has 1 aliphatic rings. The van der Waals surface area contributed by atoms with Gasteiger partial charge >= 0.3 is 7.12 Å². The van der Waals surface area contributed by atoms with Gasteiger partial charge in [-0.1, -0.05) is 15.9 Å². The zero-order valence-corrected chi connectivity index (χ0v) is 13.2. The van der Waals surface area contributed by atoms with Crippen LogP contribution >= 0.6 is 15.9 Å². The van der Waals surface area contributed by atoms with Gasteiger partial charge in [0.05, 0.1) is 17.1 Å². The third kappa shape index (κ3) is 2.67. The average Bonchev–Trinajstić information content (AvgIpc) is 2.51. The highest BCUT2D eigenvalue weighted by molar-refractivity contribution is 9.10. The van der Waals surface area contributed by atoms with E-state index in [2.05, 4.69) is 15.9 Å². The van der Waals surface area contributed by atoms with E-state index in [0.717, 1.165) is 4.47 Å². The largest absolute Gasteiger partial charge is 0.508 e. The highest BCUT2D eigenvalue weighted by atomic mass is 79.9. The molecule has 1 atom stereocenters. The van der Waals surface area contributed by atoms with Crippen LogP contribution in [-0.4, -0.2) is 23.4 Å². The minimum absolute atomic E-state index is 0.144. The van der Waals surface area contributed by atoms with Gasteiger partial charge in [0.2, 0.25) is 0 Å². The second-order valence-corrected chi connectivity index (χ2v) is 6.77. The number of nitrogens with two attached hydrogens (primary N) is 1. The summed E-state index contributed by atoms with van der Waals surface area (Å²) in [6.45, 7) is 7.89. The summed E-state index contributed by atoms with van der Waals surface area (Å²) in [6, 6.07) is 5.14. The number of hydrogen-bond acceptors (Lipinski definition) is 4. The molecule has 0 amide bonds. The van der Waals surface area contributed by atoms with Crippen molar-refractivity contribution in [2.75, 3.05) is 0 Å². The third-order valence-corrected chi connectivity index (χ3v) is 4.41. The molecular formula is C13H19BBrNO3. The van der Waals surface area contributed by atoms with Crippen LogP contribution in [-0.2, 0) is 9.31 Å². The summed E-state index contributed by atoms with van der Waals surface area (Å²) in [5, 5.41) is 9.91. The maximum atomic E-state index is 9.91. The van der Waals surface area contributed by atoms with E-state index in [0.29, 0.717) is 5.56 Å². The molecule has 0 aliphatic carbocycles. The van der Waals surface area contributed by atoms with Crippen molar-refractivity contribution in [1.29, 1.82) is 0 Å². The van der Waals surface area contributed by atoms with Gasteiger partial charge in [0.15, 0.2) is 0 Å². The minimum Gasteiger partial charge on any atom is -0.508 e. The van der Waals surface area contributed by atoms with Crippen LogP contribution in [0.25, 0.3) is 0 Å².